The molecule has 1 aromatic rings. The van der Waals surface area contributed by atoms with E-state index < -0.39 is 6.04 Å². The second-order valence-electron chi connectivity index (χ2n) is 5.86. The van der Waals surface area contributed by atoms with E-state index >= 15 is 0 Å². The first-order valence-electron chi connectivity index (χ1n) is 7.34. The van der Waals surface area contributed by atoms with Gasteiger partial charge >= 0.3 is 0 Å². The van der Waals surface area contributed by atoms with Crippen molar-refractivity contribution in [1.29, 1.82) is 0 Å². The van der Waals surface area contributed by atoms with Crippen molar-refractivity contribution < 1.29 is 9.59 Å². The molecule has 1 saturated carbocycles. The maximum absolute atomic E-state index is 12.4. The Morgan fingerprint density at radius 1 is 1.45 bits per heavy atom. The molecule has 0 bridgehead atoms. The quantitative estimate of drug-likeness (QED) is 0.797. The topological polar surface area (TPSA) is 79.3 Å². The van der Waals surface area contributed by atoms with Crippen LogP contribution in [0.5, 0.6) is 0 Å². The lowest BCUT2D eigenvalue weighted by Crippen LogP contribution is -2.43. The largest absolute Gasteiger partial charge is 0.349 e. The second kappa shape index (κ2) is 6.66. The Balaban J connectivity index is 0.00000176. The molecule has 2 amide bonds. The molecule has 1 aliphatic carbocycles. The molecule has 2 unspecified atom stereocenters. The molecule has 2 aliphatic rings. The Labute approximate surface area is 135 Å². The maximum Gasteiger partial charge on any atom is 0.242 e. The van der Waals surface area contributed by atoms with E-state index in [-0.39, 0.29) is 30.3 Å². The van der Waals surface area contributed by atoms with Crippen molar-refractivity contribution in [3.05, 3.63) is 18.0 Å². The Bertz CT molecular complexity index is 557. The summed E-state index contributed by atoms with van der Waals surface area (Å²) < 4.78 is 1.67. The molecule has 3 rings (SSSR count). The zero-order valence-electron chi connectivity index (χ0n) is 12.8. The third kappa shape index (κ3) is 3.41. The molecule has 122 valence electrons. The average Bonchev–Trinajstić information content (AvgIpc) is 3.10. The van der Waals surface area contributed by atoms with Crippen molar-refractivity contribution in [2.24, 2.45) is 7.05 Å². The first kappa shape index (κ1) is 16.8. The average molecular weight is 328 g/mol. The molecule has 0 spiro atoms. The van der Waals surface area contributed by atoms with Crippen molar-refractivity contribution in [3.8, 4) is 0 Å². The van der Waals surface area contributed by atoms with Crippen LogP contribution in [0, 0.1) is 0 Å². The lowest BCUT2D eigenvalue weighted by Gasteiger charge is -2.19. The highest BCUT2D eigenvalue weighted by Crippen LogP contribution is 2.30. The number of halogens is 1. The molecule has 1 saturated heterocycles. The van der Waals surface area contributed by atoms with Crippen LogP contribution >= 0.6 is 12.4 Å². The van der Waals surface area contributed by atoms with Crippen molar-refractivity contribution in [1.82, 2.24) is 25.3 Å². The summed E-state index contributed by atoms with van der Waals surface area (Å²) in [4.78, 5) is 26.2. The number of amides is 2. The van der Waals surface area contributed by atoms with E-state index in [1.807, 2.05) is 18.1 Å². The molecular weight excluding hydrogens is 306 g/mol. The maximum atomic E-state index is 12.4. The van der Waals surface area contributed by atoms with Crippen LogP contribution in [0.2, 0.25) is 0 Å². The van der Waals surface area contributed by atoms with Gasteiger partial charge in [0.1, 0.15) is 6.04 Å². The van der Waals surface area contributed by atoms with Crippen molar-refractivity contribution in [3.63, 3.8) is 0 Å². The molecular formula is C14H22ClN5O2. The third-order valence-electron chi connectivity index (χ3n) is 4.10. The van der Waals surface area contributed by atoms with Crippen LogP contribution in [-0.2, 0) is 16.6 Å². The highest BCUT2D eigenvalue weighted by Gasteiger charge is 2.40. The summed E-state index contributed by atoms with van der Waals surface area (Å²) in [6.45, 7) is 0.638. The van der Waals surface area contributed by atoms with Crippen LogP contribution in [0.4, 0.5) is 0 Å². The van der Waals surface area contributed by atoms with Gasteiger partial charge in [-0.05, 0) is 19.9 Å². The number of nitrogens with zero attached hydrogens (tertiary/aromatic N) is 3. The summed E-state index contributed by atoms with van der Waals surface area (Å²) in [6.07, 6.45) is 6.10. The predicted molar refractivity (Wildman–Crippen MR) is 83.5 cm³/mol. The number of nitrogens with one attached hydrogen (secondary N) is 2. The van der Waals surface area contributed by atoms with Gasteiger partial charge in [-0.2, -0.15) is 5.10 Å². The van der Waals surface area contributed by atoms with E-state index in [2.05, 4.69) is 15.7 Å². The highest BCUT2D eigenvalue weighted by atomic mass is 35.5. The van der Waals surface area contributed by atoms with Gasteiger partial charge < -0.3 is 15.5 Å². The van der Waals surface area contributed by atoms with Gasteiger partial charge in [-0.25, -0.2) is 0 Å². The first-order chi connectivity index (χ1) is 10.1. The number of likely N-dealkylation sites (N-methyl/N-ethyl adjacent to an activating group) is 1. The van der Waals surface area contributed by atoms with E-state index in [1.165, 1.54) is 0 Å². The number of rotatable bonds is 5. The van der Waals surface area contributed by atoms with E-state index in [4.69, 9.17) is 0 Å². The van der Waals surface area contributed by atoms with Gasteiger partial charge in [-0.15, -0.1) is 12.4 Å². The van der Waals surface area contributed by atoms with Crippen LogP contribution in [0.1, 0.15) is 30.9 Å². The van der Waals surface area contributed by atoms with Gasteiger partial charge in [0.15, 0.2) is 0 Å². The molecule has 7 nitrogen and oxygen atoms in total. The summed E-state index contributed by atoms with van der Waals surface area (Å²) in [5, 5.41) is 10.1. The van der Waals surface area contributed by atoms with Gasteiger partial charge in [-0.1, -0.05) is 0 Å². The van der Waals surface area contributed by atoms with Gasteiger partial charge in [0.2, 0.25) is 11.8 Å². The van der Waals surface area contributed by atoms with E-state index in [9.17, 15) is 9.59 Å². The molecule has 2 heterocycles. The van der Waals surface area contributed by atoms with Crippen molar-refractivity contribution >= 4 is 24.2 Å². The zero-order valence-corrected chi connectivity index (χ0v) is 13.6. The molecule has 22 heavy (non-hydrogen) atoms. The van der Waals surface area contributed by atoms with Gasteiger partial charge in [-0.3, -0.25) is 14.3 Å². The molecule has 2 atom stereocenters. The van der Waals surface area contributed by atoms with Crippen LogP contribution in [0.3, 0.4) is 0 Å². The lowest BCUT2D eigenvalue weighted by molar-refractivity contribution is -0.128. The smallest absolute Gasteiger partial charge is 0.242 e. The Morgan fingerprint density at radius 3 is 2.73 bits per heavy atom. The van der Waals surface area contributed by atoms with Crippen LogP contribution in [0.15, 0.2) is 12.4 Å². The molecule has 0 radical (unpaired) electrons. The van der Waals surface area contributed by atoms with E-state index in [0.29, 0.717) is 19.0 Å². The fraction of sp³-hybridized carbons (Fsp3) is 0.643. The second-order valence-corrected chi connectivity index (χ2v) is 5.86. The summed E-state index contributed by atoms with van der Waals surface area (Å²) >= 11 is 0. The Hall–Kier alpha value is -1.60. The van der Waals surface area contributed by atoms with Crippen LogP contribution < -0.4 is 10.6 Å². The molecule has 8 heteroatoms. The van der Waals surface area contributed by atoms with Crippen LogP contribution in [-0.4, -0.2) is 52.2 Å². The highest BCUT2D eigenvalue weighted by molar-refractivity contribution is 5.86. The standard InChI is InChI=1S/C14H21N5O2.ClH/c1-15-13(9-6-16-18(2)7-9)14(21)17-10-5-12(20)19(8-10)11-3-4-11;/h6-7,10-11,13,15H,3-5,8H2,1-2H3,(H,17,21);1H. The summed E-state index contributed by atoms with van der Waals surface area (Å²) in [7, 11) is 3.56. The minimum absolute atomic E-state index is 0. The number of aryl methyl sites for hydroxylation is 1. The fourth-order valence-corrected chi connectivity index (χ4v) is 2.89. The minimum Gasteiger partial charge on any atom is -0.349 e. The van der Waals surface area contributed by atoms with Crippen molar-refractivity contribution in [2.45, 2.75) is 37.4 Å². The fourth-order valence-electron chi connectivity index (χ4n) is 2.89. The predicted octanol–water partition coefficient (Wildman–Crippen LogP) is -0.0181. The molecule has 2 N–H and O–H groups in total. The molecule has 1 aromatic heterocycles. The summed E-state index contributed by atoms with van der Waals surface area (Å²) in [5.74, 6) is 0.0473. The SMILES string of the molecule is CNC(C(=O)NC1CC(=O)N(C2CC2)C1)c1cnn(C)c1.Cl. The summed E-state index contributed by atoms with van der Waals surface area (Å²) in [5.41, 5.74) is 0.820. The molecule has 1 aliphatic heterocycles. The summed E-state index contributed by atoms with van der Waals surface area (Å²) in [6, 6.07) is -0.111. The minimum atomic E-state index is -0.441. The number of likely N-dealkylation sites (tertiary alicyclic amines) is 1. The normalized spacial score (nSPS) is 22.4. The number of aromatic nitrogens is 2. The third-order valence-corrected chi connectivity index (χ3v) is 4.10. The first-order valence-corrected chi connectivity index (χ1v) is 7.34. The van der Waals surface area contributed by atoms with Gasteiger partial charge in [0.25, 0.3) is 0 Å². The number of carbonyl (C=O) groups is 2. The molecule has 0 aromatic carbocycles. The zero-order chi connectivity index (χ0) is 15.0. The lowest BCUT2D eigenvalue weighted by atomic mass is 10.1. The van der Waals surface area contributed by atoms with E-state index in [0.717, 1.165) is 18.4 Å². The number of carbonyl (C=O) groups excluding carboxylic acids is 2. The van der Waals surface area contributed by atoms with Crippen molar-refractivity contribution in [2.75, 3.05) is 13.6 Å². The Kier molecular flexibility index (Phi) is 5.08. The Morgan fingerprint density at radius 2 is 2.18 bits per heavy atom. The monoisotopic (exact) mass is 327 g/mol. The van der Waals surface area contributed by atoms with Gasteiger partial charge in [0, 0.05) is 37.8 Å². The van der Waals surface area contributed by atoms with Crippen LogP contribution in [0.25, 0.3) is 0 Å². The number of hydrogen-bond acceptors (Lipinski definition) is 4. The van der Waals surface area contributed by atoms with E-state index in [1.54, 1.807) is 17.9 Å². The van der Waals surface area contributed by atoms with Gasteiger partial charge in [0.05, 0.1) is 12.2 Å². The molecule has 2 fully saturated rings. The number of hydrogen-bond donors (Lipinski definition) is 2.